The van der Waals surface area contributed by atoms with Crippen LogP contribution in [0.2, 0.25) is 0 Å². The quantitative estimate of drug-likeness (QED) is 0.900. The maximum absolute atomic E-state index is 12.1. The molecule has 0 bridgehead atoms. The molecule has 0 aliphatic rings. The van der Waals surface area contributed by atoms with Crippen molar-refractivity contribution in [3.05, 3.63) is 42.0 Å². The highest BCUT2D eigenvalue weighted by Gasteiger charge is 2.14. The summed E-state index contributed by atoms with van der Waals surface area (Å²) < 4.78 is 1.80. The van der Waals surface area contributed by atoms with Crippen LogP contribution in [0.1, 0.15) is 24.4 Å². The van der Waals surface area contributed by atoms with E-state index in [2.05, 4.69) is 15.5 Å². The first kappa shape index (κ1) is 15.0. The lowest BCUT2D eigenvalue weighted by Crippen LogP contribution is -2.29. The summed E-state index contributed by atoms with van der Waals surface area (Å²) in [6, 6.07) is 7.80. The number of benzene rings is 1. The van der Waals surface area contributed by atoms with Gasteiger partial charge in [0.1, 0.15) is 6.33 Å². The van der Waals surface area contributed by atoms with E-state index in [0.717, 1.165) is 17.1 Å². The van der Waals surface area contributed by atoms with Gasteiger partial charge in [-0.15, -0.1) is 10.2 Å². The lowest BCUT2D eigenvalue weighted by atomic mass is 10.1. The Hall–Kier alpha value is -2.37. The minimum Gasteiger partial charge on any atom is -0.378 e. The second kappa shape index (κ2) is 6.39. The number of nitrogens with one attached hydrogen (secondary N) is 1. The van der Waals surface area contributed by atoms with Gasteiger partial charge < -0.3 is 14.8 Å². The summed E-state index contributed by atoms with van der Waals surface area (Å²) in [6.07, 6.45) is 1.98. The van der Waals surface area contributed by atoms with E-state index >= 15 is 0 Å². The fraction of sp³-hybridized carbons (Fsp3) is 0.400. The van der Waals surface area contributed by atoms with Gasteiger partial charge in [-0.3, -0.25) is 4.79 Å². The Balaban J connectivity index is 1.94. The molecule has 0 radical (unpaired) electrons. The SMILES string of the molecule is CC(NC(=O)Cc1ccc(N(C)C)cc1)c1nncn1C. The predicted octanol–water partition coefficient (Wildman–Crippen LogP) is 1.30. The summed E-state index contributed by atoms with van der Waals surface area (Å²) in [5.74, 6) is 0.717. The van der Waals surface area contributed by atoms with Gasteiger partial charge in [0.25, 0.3) is 0 Å². The Morgan fingerprint density at radius 1 is 1.33 bits per heavy atom. The summed E-state index contributed by atoms with van der Waals surface area (Å²) in [6.45, 7) is 1.90. The summed E-state index contributed by atoms with van der Waals surface area (Å²) in [4.78, 5) is 14.1. The van der Waals surface area contributed by atoms with Gasteiger partial charge >= 0.3 is 0 Å². The van der Waals surface area contributed by atoms with Crippen molar-refractivity contribution in [2.75, 3.05) is 19.0 Å². The summed E-state index contributed by atoms with van der Waals surface area (Å²) >= 11 is 0. The third-order valence-corrected chi connectivity index (χ3v) is 3.33. The van der Waals surface area contributed by atoms with Crippen LogP contribution in [0.3, 0.4) is 0 Å². The van der Waals surface area contributed by atoms with E-state index < -0.39 is 0 Å². The number of aromatic nitrogens is 3. The molecular weight excluding hydrogens is 266 g/mol. The van der Waals surface area contributed by atoms with E-state index in [-0.39, 0.29) is 11.9 Å². The highest BCUT2D eigenvalue weighted by Crippen LogP contribution is 2.13. The van der Waals surface area contributed by atoms with Crippen molar-refractivity contribution in [3.8, 4) is 0 Å². The van der Waals surface area contributed by atoms with Crippen LogP contribution in [0.4, 0.5) is 5.69 Å². The third-order valence-electron chi connectivity index (χ3n) is 3.33. The third kappa shape index (κ3) is 3.81. The molecule has 1 atom stereocenters. The van der Waals surface area contributed by atoms with E-state index in [1.807, 2.05) is 57.2 Å². The number of rotatable bonds is 5. The minimum absolute atomic E-state index is 0.0249. The molecular formula is C15H21N5O. The van der Waals surface area contributed by atoms with Crippen molar-refractivity contribution in [2.45, 2.75) is 19.4 Å². The van der Waals surface area contributed by atoms with Gasteiger partial charge in [-0.1, -0.05) is 12.1 Å². The average molecular weight is 287 g/mol. The lowest BCUT2D eigenvalue weighted by Gasteiger charge is -2.14. The molecule has 1 amide bonds. The first-order valence-electron chi connectivity index (χ1n) is 6.87. The molecule has 0 aliphatic heterocycles. The highest BCUT2D eigenvalue weighted by molar-refractivity contribution is 5.79. The number of carbonyl (C=O) groups excluding carboxylic acids is 1. The smallest absolute Gasteiger partial charge is 0.224 e. The van der Waals surface area contributed by atoms with Crippen LogP contribution >= 0.6 is 0 Å². The van der Waals surface area contributed by atoms with E-state index in [4.69, 9.17) is 0 Å². The highest BCUT2D eigenvalue weighted by atomic mass is 16.1. The average Bonchev–Trinajstić information content (AvgIpc) is 2.85. The fourth-order valence-electron chi connectivity index (χ4n) is 2.14. The number of anilines is 1. The topological polar surface area (TPSA) is 63.1 Å². The van der Waals surface area contributed by atoms with Crippen LogP contribution in [0.15, 0.2) is 30.6 Å². The zero-order valence-electron chi connectivity index (χ0n) is 12.9. The molecule has 0 fully saturated rings. The molecule has 21 heavy (non-hydrogen) atoms. The molecule has 2 rings (SSSR count). The minimum atomic E-state index is -0.161. The van der Waals surface area contributed by atoms with Gasteiger partial charge in [0.05, 0.1) is 12.5 Å². The van der Waals surface area contributed by atoms with Gasteiger partial charge in [0.2, 0.25) is 5.91 Å². The van der Waals surface area contributed by atoms with Gasteiger partial charge in [0.15, 0.2) is 5.82 Å². The Kier molecular flexibility index (Phi) is 4.57. The lowest BCUT2D eigenvalue weighted by molar-refractivity contribution is -0.121. The number of aryl methyl sites for hydroxylation is 1. The predicted molar refractivity (Wildman–Crippen MR) is 82.0 cm³/mol. The van der Waals surface area contributed by atoms with Crippen LogP contribution < -0.4 is 10.2 Å². The Labute approximate surface area is 124 Å². The van der Waals surface area contributed by atoms with Gasteiger partial charge in [-0.25, -0.2) is 0 Å². The summed E-state index contributed by atoms with van der Waals surface area (Å²) in [5, 5.41) is 10.8. The Morgan fingerprint density at radius 2 is 2.00 bits per heavy atom. The zero-order chi connectivity index (χ0) is 15.4. The van der Waals surface area contributed by atoms with Crippen LogP contribution in [0, 0.1) is 0 Å². The van der Waals surface area contributed by atoms with E-state index in [0.29, 0.717) is 6.42 Å². The van der Waals surface area contributed by atoms with Crippen molar-refractivity contribution in [1.82, 2.24) is 20.1 Å². The normalized spacial score (nSPS) is 12.0. The van der Waals surface area contributed by atoms with Crippen LogP contribution in [0.5, 0.6) is 0 Å². The molecule has 0 spiro atoms. The van der Waals surface area contributed by atoms with E-state index in [9.17, 15) is 4.79 Å². The number of hydrogen-bond acceptors (Lipinski definition) is 4. The van der Waals surface area contributed by atoms with Crippen molar-refractivity contribution >= 4 is 11.6 Å². The molecule has 1 aromatic heterocycles. The molecule has 1 aromatic carbocycles. The van der Waals surface area contributed by atoms with Crippen molar-refractivity contribution in [2.24, 2.45) is 7.05 Å². The monoisotopic (exact) mass is 287 g/mol. The van der Waals surface area contributed by atoms with Crippen molar-refractivity contribution in [3.63, 3.8) is 0 Å². The Bertz CT molecular complexity index is 603. The molecule has 6 nitrogen and oxygen atoms in total. The second-order valence-electron chi connectivity index (χ2n) is 5.33. The maximum atomic E-state index is 12.1. The molecule has 0 aliphatic carbocycles. The fourth-order valence-corrected chi connectivity index (χ4v) is 2.14. The first-order valence-corrected chi connectivity index (χ1v) is 6.87. The van der Waals surface area contributed by atoms with Crippen LogP contribution in [-0.2, 0) is 18.3 Å². The molecule has 1 unspecified atom stereocenters. The number of carbonyl (C=O) groups is 1. The van der Waals surface area contributed by atoms with Crippen molar-refractivity contribution < 1.29 is 4.79 Å². The summed E-state index contributed by atoms with van der Waals surface area (Å²) in [7, 11) is 5.84. The van der Waals surface area contributed by atoms with Gasteiger partial charge in [-0.2, -0.15) is 0 Å². The Morgan fingerprint density at radius 3 is 2.52 bits per heavy atom. The van der Waals surface area contributed by atoms with E-state index in [1.165, 1.54) is 0 Å². The van der Waals surface area contributed by atoms with Crippen molar-refractivity contribution in [1.29, 1.82) is 0 Å². The molecule has 2 aromatic rings. The van der Waals surface area contributed by atoms with Gasteiger partial charge in [-0.05, 0) is 24.6 Å². The standard InChI is InChI=1S/C15H21N5O/c1-11(15-18-16-10-20(15)4)17-14(21)9-12-5-7-13(8-6-12)19(2)3/h5-8,10-11H,9H2,1-4H3,(H,17,21). The maximum Gasteiger partial charge on any atom is 0.224 e. The number of nitrogens with zero attached hydrogens (tertiary/aromatic N) is 4. The van der Waals surface area contributed by atoms with E-state index in [1.54, 1.807) is 10.9 Å². The van der Waals surface area contributed by atoms with Crippen LogP contribution in [-0.4, -0.2) is 34.8 Å². The second-order valence-corrected chi connectivity index (χ2v) is 5.33. The molecule has 6 heteroatoms. The van der Waals surface area contributed by atoms with Gasteiger partial charge in [0, 0.05) is 26.8 Å². The zero-order valence-corrected chi connectivity index (χ0v) is 12.9. The first-order chi connectivity index (χ1) is 9.97. The number of amides is 1. The summed E-state index contributed by atoms with van der Waals surface area (Å²) in [5.41, 5.74) is 2.11. The molecule has 0 saturated heterocycles. The van der Waals surface area contributed by atoms with Crippen LogP contribution in [0.25, 0.3) is 0 Å². The molecule has 112 valence electrons. The molecule has 1 heterocycles. The number of hydrogen-bond donors (Lipinski definition) is 1. The molecule has 1 N–H and O–H groups in total. The largest absolute Gasteiger partial charge is 0.378 e. The molecule has 0 saturated carbocycles.